The van der Waals surface area contributed by atoms with Gasteiger partial charge in [-0.15, -0.1) is 0 Å². The molecule has 0 spiro atoms. The molecule has 8 heteroatoms. The predicted octanol–water partition coefficient (Wildman–Crippen LogP) is 1.51. The molecule has 3 aromatic rings. The van der Waals surface area contributed by atoms with Crippen LogP contribution in [0.25, 0.3) is 10.9 Å². The fourth-order valence-corrected chi connectivity index (χ4v) is 3.70. The van der Waals surface area contributed by atoms with Gasteiger partial charge < -0.3 is 14.6 Å². The number of aromatic nitrogens is 2. The Morgan fingerprint density at radius 1 is 1.13 bits per heavy atom. The summed E-state index contributed by atoms with van der Waals surface area (Å²) in [5.74, 6) is 0.391. The Labute approximate surface area is 174 Å². The van der Waals surface area contributed by atoms with E-state index in [1.54, 1.807) is 30.2 Å². The van der Waals surface area contributed by atoms with Crippen LogP contribution < -0.4 is 16.4 Å². The summed E-state index contributed by atoms with van der Waals surface area (Å²) in [4.78, 5) is 34.6. The maximum Gasteiger partial charge on any atom is 0.258 e. The summed E-state index contributed by atoms with van der Waals surface area (Å²) in [5, 5.41) is 0.531. The zero-order chi connectivity index (χ0) is 20.9. The third kappa shape index (κ3) is 4.40. The normalized spacial score (nSPS) is 18.6. The van der Waals surface area contributed by atoms with Gasteiger partial charge in [-0.25, -0.2) is 15.8 Å². The van der Waals surface area contributed by atoms with Crippen molar-refractivity contribution in [2.45, 2.75) is 25.0 Å². The number of methoxy groups -OCH3 is 1. The lowest BCUT2D eigenvalue weighted by atomic mass is 10.0. The van der Waals surface area contributed by atoms with E-state index >= 15 is 0 Å². The Morgan fingerprint density at radius 2 is 1.90 bits per heavy atom. The van der Waals surface area contributed by atoms with E-state index in [0.717, 1.165) is 5.56 Å². The van der Waals surface area contributed by atoms with E-state index in [4.69, 9.17) is 4.74 Å². The van der Waals surface area contributed by atoms with E-state index in [1.807, 2.05) is 36.4 Å². The van der Waals surface area contributed by atoms with Gasteiger partial charge in [0.25, 0.3) is 5.56 Å². The van der Waals surface area contributed by atoms with Gasteiger partial charge in [-0.2, -0.15) is 0 Å². The van der Waals surface area contributed by atoms with Crippen LogP contribution in [-0.2, 0) is 16.1 Å². The minimum atomic E-state index is -0.376. The molecule has 0 bridgehead atoms. The number of ether oxygens (including phenoxy) is 1. The smallest absolute Gasteiger partial charge is 0.258 e. The highest BCUT2D eigenvalue weighted by Gasteiger charge is 2.33. The second-order valence-corrected chi connectivity index (χ2v) is 7.32. The number of hydrogen-bond donors (Lipinski definition) is 3. The van der Waals surface area contributed by atoms with Crippen molar-refractivity contribution >= 4 is 16.8 Å². The second-order valence-electron chi connectivity index (χ2n) is 7.32. The summed E-state index contributed by atoms with van der Waals surface area (Å²) in [6.45, 7) is 1.00. The molecular formula is C22H25N5O3. The Hall–Kier alpha value is -3.07. The predicted molar refractivity (Wildman–Crippen MR) is 114 cm³/mol. The first kappa shape index (κ1) is 20.2. The zero-order valence-electron chi connectivity index (χ0n) is 16.8. The lowest BCUT2D eigenvalue weighted by Crippen LogP contribution is -2.46. The number of aromatic amines is 1. The summed E-state index contributed by atoms with van der Waals surface area (Å²) in [6, 6.07) is 16.9. The molecule has 1 aliphatic heterocycles. The Balaban J connectivity index is 1.51. The van der Waals surface area contributed by atoms with Crippen LogP contribution in [0.3, 0.4) is 0 Å². The molecule has 0 saturated carbocycles. The molecule has 2 aromatic carbocycles. The van der Waals surface area contributed by atoms with Gasteiger partial charge in [0.15, 0.2) is 0 Å². The first-order chi connectivity index (χ1) is 14.7. The molecule has 2 unspecified atom stereocenters. The van der Waals surface area contributed by atoms with E-state index in [-0.39, 0.29) is 30.1 Å². The van der Waals surface area contributed by atoms with Gasteiger partial charge in [-0.05, 0) is 24.1 Å². The first-order valence-corrected chi connectivity index (χ1v) is 9.97. The number of para-hydroxylation sites is 1. The van der Waals surface area contributed by atoms with Gasteiger partial charge in [0.1, 0.15) is 11.9 Å². The van der Waals surface area contributed by atoms with Crippen LogP contribution in [0, 0.1) is 0 Å². The average molecular weight is 407 g/mol. The van der Waals surface area contributed by atoms with Gasteiger partial charge in [-0.3, -0.25) is 9.59 Å². The topological polar surface area (TPSA) is 99.3 Å². The highest BCUT2D eigenvalue weighted by atomic mass is 16.5. The van der Waals surface area contributed by atoms with Crippen LogP contribution in [0.4, 0.5) is 0 Å². The molecule has 2 atom stereocenters. The van der Waals surface area contributed by atoms with E-state index in [2.05, 4.69) is 20.8 Å². The van der Waals surface area contributed by atoms with E-state index in [9.17, 15) is 9.59 Å². The SMILES string of the molecule is COCCN(Cc1nc2ccccc2c(=O)[nH]1)C(=O)C1CC(c2ccccc2)NN1. The molecule has 1 aromatic heterocycles. The summed E-state index contributed by atoms with van der Waals surface area (Å²) in [7, 11) is 1.60. The van der Waals surface area contributed by atoms with Crippen molar-refractivity contribution in [3.8, 4) is 0 Å². The minimum Gasteiger partial charge on any atom is -0.383 e. The highest BCUT2D eigenvalue weighted by Crippen LogP contribution is 2.23. The molecule has 1 aliphatic rings. The molecule has 0 radical (unpaired) electrons. The minimum absolute atomic E-state index is 0.0584. The van der Waals surface area contributed by atoms with Crippen LogP contribution in [0.15, 0.2) is 59.4 Å². The first-order valence-electron chi connectivity index (χ1n) is 9.97. The molecule has 2 heterocycles. The molecular weight excluding hydrogens is 382 g/mol. The largest absolute Gasteiger partial charge is 0.383 e. The maximum atomic E-state index is 13.2. The molecule has 30 heavy (non-hydrogen) atoms. The highest BCUT2D eigenvalue weighted by molar-refractivity contribution is 5.82. The van der Waals surface area contributed by atoms with Crippen molar-refractivity contribution in [1.29, 1.82) is 0 Å². The van der Waals surface area contributed by atoms with Gasteiger partial charge in [0.2, 0.25) is 5.91 Å². The summed E-state index contributed by atoms with van der Waals surface area (Å²) in [6.07, 6.45) is 0.633. The standard InChI is InChI=1S/C22H25N5O3/c1-30-12-11-27(14-20-23-17-10-6-5-9-16(17)21(28)24-20)22(29)19-13-18(25-26-19)15-7-3-2-4-8-15/h2-10,18-19,25-26H,11-14H2,1H3,(H,23,24,28). The van der Waals surface area contributed by atoms with Crippen molar-refractivity contribution in [3.05, 3.63) is 76.3 Å². The van der Waals surface area contributed by atoms with Gasteiger partial charge >= 0.3 is 0 Å². The fourth-order valence-electron chi connectivity index (χ4n) is 3.70. The van der Waals surface area contributed by atoms with E-state index < -0.39 is 0 Å². The summed E-state index contributed by atoms with van der Waals surface area (Å²) < 4.78 is 5.18. The molecule has 0 aliphatic carbocycles. The fraction of sp³-hybridized carbons (Fsp3) is 0.318. The van der Waals surface area contributed by atoms with Crippen molar-refractivity contribution < 1.29 is 9.53 Å². The molecule has 4 rings (SSSR count). The van der Waals surface area contributed by atoms with E-state index in [1.165, 1.54) is 0 Å². The van der Waals surface area contributed by atoms with Crippen LogP contribution in [-0.4, -0.2) is 47.1 Å². The Kier molecular flexibility index (Phi) is 6.18. The number of benzene rings is 2. The maximum absolute atomic E-state index is 13.2. The zero-order valence-corrected chi connectivity index (χ0v) is 16.8. The van der Waals surface area contributed by atoms with Gasteiger partial charge in [0, 0.05) is 19.7 Å². The number of H-pyrrole nitrogens is 1. The summed E-state index contributed by atoms with van der Waals surface area (Å²) in [5.41, 5.74) is 7.86. The molecule has 8 nitrogen and oxygen atoms in total. The number of nitrogens with one attached hydrogen (secondary N) is 3. The van der Waals surface area contributed by atoms with Crippen LogP contribution in [0.2, 0.25) is 0 Å². The van der Waals surface area contributed by atoms with Gasteiger partial charge in [0.05, 0.1) is 24.1 Å². The second kappa shape index (κ2) is 9.17. The quantitative estimate of drug-likeness (QED) is 0.549. The van der Waals surface area contributed by atoms with Crippen LogP contribution in [0.1, 0.15) is 23.9 Å². The lowest BCUT2D eigenvalue weighted by Gasteiger charge is -2.25. The number of hydrazine groups is 1. The van der Waals surface area contributed by atoms with Crippen LogP contribution in [0.5, 0.6) is 0 Å². The number of nitrogens with zero attached hydrogens (tertiary/aromatic N) is 2. The monoisotopic (exact) mass is 407 g/mol. The van der Waals surface area contributed by atoms with Crippen molar-refractivity contribution in [3.63, 3.8) is 0 Å². The average Bonchev–Trinajstić information content (AvgIpc) is 3.27. The van der Waals surface area contributed by atoms with Crippen molar-refractivity contribution in [2.75, 3.05) is 20.3 Å². The number of amides is 1. The third-order valence-electron chi connectivity index (χ3n) is 5.28. The Bertz CT molecular complexity index is 1070. The number of carbonyl (C=O) groups excluding carboxylic acids is 1. The van der Waals surface area contributed by atoms with Crippen molar-refractivity contribution in [1.82, 2.24) is 25.7 Å². The summed E-state index contributed by atoms with van der Waals surface area (Å²) >= 11 is 0. The number of fused-ring (bicyclic) bond motifs is 1. The Morgan fingerprint density at radius 3 is 2.70 bits per heavy atom. The number of carbonyl (C=O) groups is 1. The molecule has 1 fully saturated rings. The van der Waals surface area contributed by atoms with E-state index in [0.29, 0.717) is 36.3 Å². The van der Waals surface area contributed by atoms with Crippen LogP contribution >= 0.6 is 0 Å². The molecule has 1 amide bonds. The molecule has 1 saturated heterocycles. The number of hydrogen-bond acceptors (Lipinski definition) is 6. The van der Waals surface area contributed by atoms with Crippen molar-refractivity contribution in [2.24, 2.45) is 0 Å². The van der Waals surface area contributed by atoms with Gasteiger partial charge in [-0.1, -0.05) is 42.5 Å². The third-order valence-corrected chi connectivity index (χ3v) is 5.28. The number of rotatable bonds is 7. The molecule has 156 valence electrons. The molecule has 3 N–H and O–H groups in total. The lowest BCUT2D eigenvalue weighted by molar-refractivity contribution is -0.134.